The van der Waals surface area contributed by atoms with Gasteiger partial charge in [-0.1, -0.05) is 37.3 Å². The van der Waals surface area contributed by atoms with Crippen LogP contribution in [-0.2, 0) is 16.0 Å². The van der Waals surface area contributed by atoms with Crippen LogP contribution in [0.15, 0.2) is 30.3 Å². The molecule has 0 spiro atoms. The first-order chi connectivity index (χ1) is 9.13. The highest BCUT2D eigenvalue weighted by molar-refractivity contribution is 5.86. The normalized spacial score (nSPS) is 20.6. The summed E-state index contributed by atoms with van der Waals surface area (Å²) in [4.78, 5) is 25.1. The van der Waals surface area contributed by atoms with Crippen LogP contribution in [0.5, 0.6) is 0 Å². The summed E-state index contributed by atoms with van der Waals surface area (Å²) in [5.74, 6) is -0.933. The number of benzene rings is 1. The number of rotatable bonds is 5. The van der Waals surface area contributed by atoms with Crippen molar-refractivity contribution in [1.29, 1.82) is 0 Å². The second-order valence-corrected chi connectivity index (χ2v) is 4.97. The lowest BCUT2D eigenvalue weighted by Gasteiger charge is -2.24. The molecule has 102 valence electrons. The van der Waals surface area contributed by atoms with Crippen molar-refractivity contribution in [2.75, 3.05) is 6.54 Å². The van der Waals surface area contributed by atoms with E-state index in [0.29, 0.717) is 13.0 Å². The van der Waals surface area contributed by atoms with Crippen LogP contribution < -0.4 is 0 Å². The first-order valence-corrected chi connectivity index (χ1v) is 6.70. The van der Waals surface area contributed by atoms with E-state index in [2.05, 4.69) is 0 Å². The molecule has 1 heterocycles. The van der Waals surface area contributed by atoms with E-state index in [-0.39, 0.29) is 11.8 Å². The number of carboxylic acid groups (broad SMARTS) is 1. The van der Waals surface area contributed by atoms with Crippen molar-refractivity contribution in [3.8, 4) is 0 Å². The Morgan fingerprint density at radius 3 is 2.63 bits per heavy atom. The summed E-state index contributed by atoms with van der Waals surface area (Å²) < 4.78 is 0. The smallest absolute Gasteiger partial charge is 0.326 e. The average molecular weight is 261 g/mol. The van der Waals surface area contributed by atoms with E-state index in [4.69, 9.17) is 0 Å². The maximum Gasteiger partial charge on any atom is 0.326 e. The van der Waals surface area contributed by atoms with Gasteiger partial charge in [0.15, 0.2) is 0 Å². The minimum absolute atomic E-state index is 0.00220. The predicted molar refractivity (Wildman–Crippen MR) is 71.7 cm³/mol. The minimum atomic E-state index is -0.922. The number of nitrogens with zero attached hydrogens (tertiary/aromatic N) is 1. The molecule has 0 radical (unpaired) electrons. The summed E-state index contributed by atoms with van der Waals surface area (Å²) >= 11 is 0. The van der Waals surface area contributed by atoms with Crippen LogP contribution in [0, 0.1) is 5.92 Å². The van der Waals surface area contributed by atoms with Gasteiger partial charge in [0.05, 0.1) is 0 Å². The quantitative estimate of drug-likeness (QED) is 0.881. The number of carboxylic acids is 1. The second kappa shape index (κ2) is 5.87. The monoisotopic (exact) mass is 261 g/mol. The molecule has 19 heavy (non-hydrogen) atoms. The molecule has 2 atom stereocenters. The lowest BCUT2D eigenvalue weighted by atomic mass is 10.0. The van der Waals surface area contributed by atoms with Gasteiger partial charge in [0.2, 0.25) is 5.91 Å². The molecule has 0 aliphatic carbocycles. The van der Waals surface area contributed by atoms with E-state index in [9.17, 15) is 14.7 Å². The molecule has 1 aliphatic heterocycles. The third-order valence-electron chi connectivity index (χ3n) is 3.78. The van der Waals surface area contributed by atoms with E-state index < -0.39 is 12.0 Å². The van der Waals surface area contributed by atoms with Gasteiger partial charge in [0.25, 0.3) is 0 Å². The van der Waals surface area contributed by atoms with Gasteiger partial charge in [-0.3, -0.25) is 4.79 Å². The van der Waals surface area contributed by atoms with E-state index in [1.54, 1.807) is 0 Å². The molecule has 1 aliphatic rings. The molecule has 1 N–H and O–H groups in total. The molecule has 1 fully saturated rings. The third-order valence-corrected chi connectivity index (χ3v) is 3.78. The Balaban J connectivity index is 2.13. The molecule has 4 heteroatoms. The Bertz CT molecular complexity index is 458. The molecule has 2 rings (SSSR count). The van der Waals surface area contributed by atoms with Crippen molar-refractivity contribution in [2.45, 2.75) is 32.2 Å². The summed E-state index contributed by atoms with van der Waals surface area (Å²) in [6, 6.07) is 8.71. The second-order valence-electron chi connectivity index (χ2n) is 4.97. The molecule has 0 bridgehead atoms. The van der Waals surface area contributed by atoms with Crippen LogP contribution >= 0.6 is 0 Å². The third kappa shape index (κ3) is 2.95. The standard InChI is InChI=1S/C15H19NO3/c1-2-12-8-9-16(14(12)17)13(15(18)19)10-11-6-4-3-5-7-11/h3-7,12-13H,2,8-10H2,1H3,(H,18,19)/t12?,13-/m0/s1. The lowest BCUT2D eigenvalue weighted by molar-refractivity contribution is -0.149. The van der Waals surface area contributed by atoms with Crippen LogP contribution in [0.2, 0.25) is 0 Å². The van der Waals surface area contributed by atoms with Crippen molar-refractivity contribution in [1.82, 2.24) is 4.90 Å². The number of hydrogen-bond acceptors (Lipinski definition) is 2. The van der Waals surface area contributed by atoms with Gasteiger partial charge >= 0.3 is 5.97 Å². The summed E-state index contributed by atoms with van der Waals surface area (Å²) in [7, 11) is 0. The van der Waals surface area contributed by atoms with E-state index in [0.717, 1.165) is 18.4 Å². The Hall–Kier alpha value is -1.84. The Kier molecular flexibility index (Phi) is 4.20. The molecule has 0 aromatic heterocycles. The number of hydrogen-bond donors (Lipinski definition) is 1. The van der Waals surface area contributed by atoms with Crippen molar-refractivity contribution in [2.24, 2.45) is 5.92 Å². The van der Waals surface area contributed by atoms with Crippen molar-refractivity contribution in [3.05, 3.63) is 35.9 Å². The first-order valence-electron chi connectivity index (χ1n) is 6.70. The number of aliphatic carboxylic acids is 1. The van der Waals surface area contributed by atoms with Gasteiger partial charge in [0, 0.05) is 18.9 Å². The highest BCUT2D eigenvalue weighted by Gasteiger charge is 2.37. The average Bonchev–Trinajstić information content (AvgIpc) is 2.78. The van der Waals surface area contributed by atoms with Gasteiger partial charge in [0.1, 0.15) is 6.04 Å². The Morgan fingerprint density at radius 1 is 1.42 bits per heavy atom. The number of carbonyl (C=O) groups is 2. The fourth-order valence-corrected chi connectivity index (χ4v) is 2.62. The van der Waals surface area contributed by atoms with Crippen LogP contribution in [0.4, 0.5) is 0 Å². The lowest BCUT2D eigenvalue weighted by Crippen LogP contribution is -2.44. The minimum Gasteiger partial charge on any atom is -0.480 e. The van der Waals surface area contributed by atoms with Crippen molar-refractivity contribution in [3.63, 3.8) is 0 Å². The number of likely N-dealkylation sites (tertiary alicyclic amines) is 1. The number of carbonyl (C=O) groups excluding carboxylic acids is 1. The van der Waals surface area contributed by atoms with Crippen LogP contribution in [-0.4, -0.2) is 34.5 Å². The van der Waals surface area contributed by atoms with E-state index in [1.807, 2.05) is 37.3 Å². The topological polar surface area (TPSA) is 57.6 Å². The predicted octanol–water partition coefficient (Wildman–Crippen LogP) is 1.94. The van der Waals surface area contributed by atoms with Crippen LogP contribution in [0.1, 0.15) is 25.3 Å². The zero-order valence-corrected chi connectivity index (χ0v) is 11.1. The SMILES string of the molecule is CCC1CCN([C@@H](Cc2ccccc2)C(=O)O)C1=O. The van der Waals surface area contributed by atoms with Gasteiger partial charge < -0.3 is 10.0 Å². The molecule has 1 amide bonds. The van der Waals surface area contributed by atoms with Gasteiger partial charge in [-0.05, 0) is 18.4 Å². The Labute approximate surface area is 113 Å². The van der Waals surface area contributed by atoms with E-state index >= 15 is 0 Å². The highest BCUT2D eigenvalue weighted by atomic mass is 16.4. The highest BCUT2D eigenvalue weighted by Crippen LogP contribution is 2.24. The molecule has 0 saturated carbocycles. The zero-order valence-electron chi connectivity index (χ0n) is 11.1. The molecular weight excluding hydrogens is 242 g/mol. The molecule has 1 saturated heterocycles. The number of amides is 1. The molecular formula is C15H19NO3. The van der Waals surface area contributed by atoms with Gasteiger partial charge in [-0.2, -0.15) is 0 Å². The molecule has 1 aromatic carbocycles. The summed E-state index contributed by atoms with van der Waals surface area (Å²) in [5, 5.41) is 9.38. The zero-order chi connectivity index (χ0) is 13.8. The molecule has 1 unspecified atom stereocenters. The summed E-state index contributed by atoms with van der Waals surface area (Å²) in [6.45, 7) is 2.53. The molecule has 4 nitrogen and oxygen atoms in total. The largest absolute Gasteiger partial charge is 0.480 e. The summed E-state index contributed by atoms with van der Waals surface area (Å²) in [5.41, 5.74) is 0.947. The van der Waals surface area contributed by atoms with Gasteiger partial charge in [-0.25, -0.2) is 4.79 Å². The Morgan fingerprint density at radius 2 is 2.11 bits per heavy atom. The first kappa shape index (κ1) is 13.6. The van der Waals surface area contributed by atoms with Crippen LogP contribution in [0.3, 0.4) is 0 Å². The van der Waals surface area contributed by atoms with E-state index in [1.165, 1.54) is 4.90 Å². The maximum absolute atomic E-state index is 12.1. The summed E-state index contributed by atoms with van der Waals surface area (Å²) in [6.07, 6.45) is 1.93. The van der Waals surface area contributed by atoms with Crippen molar-refractivity contribution < 1.29 is 14.7 Å². The van der Waals surface area contributed by atoms with Crippen LogP contribution in [0.25, 0.3) is 0 Å². The van der Waals surface area contributed by atoms with Gasteiger partial charge in [-0.15, -0.1) is 0 Å². The molecule has 1 aromatic rings. The van der Waals surface area contributed by atoms with Crippen molar-refractivity contribution >= 4 is 11.9 Å². The maximum atomic E-state index is 12.1. The fraction of sp³-hybridized carbons (Fsp3) is 0.467. The fourth-order valence-electron chi connectivity index (χ4n) is 2.62.